The summed E-state index contributed by atoms with van der Waals surface area (Å²) in [5, 5.41) is 12.8. The van der Waals surface area contributed by atoms with Gasteiger partial charge >= 0.3 is 0 Å². The Morgan fingerprint density at radius 2 is 2.17 bits per heavy atom. The van der Waals surface area contributed by atoms with Gasteiger partial charge in [-0.15, -0.1) is 35.3 Å². The van der Waals surface area contributed by atoms with Crippen molar-refractivity contribution in [2.45, 2.75) is 40.0 Å². The van der Waals surface area contributed by atoms with Gasteiger partial charge in [-0.2, -0.15) is 0 Å². The van der Waals surface area contributed by atoms with Gasteiger partial charge in [-0.05, 0) is 38.6 Å². The van der Waals surface area contributed by atoms with Gasteiger partial charge in [0.05, 0.1) is 12.2 Å². The van der Waals surface area contributed by atoms with Gasteiger partial charge in [-0.1, -0.05) is 18.1 Å². The number of halogens is 1. The van der Waals surface area contributed by atoms with Crippen molar-refractivity contribution in [3.63, 3.8) is 0 Å². The van der Waals surface area contributed by atoms with E-state index in [2.05, 4.69) is 47.2 Å². The highest BCUT2D eigenvalue weighted by atomic mass is 127. The van der Waals surface area contributed by atoms with Crippen LogP contribution in [0.2, 0.25) is 0 Å². The summed E-state index contributed by atoms with van der Waals surface area (Å²) in [7, 11) is 0. The van der Waals surface area contributed by atoms with Gasteiger partial charge < -0.3 is 15.2 Å². The Bertz CT molecular complexity index is 605. The van der Waals surface area contributed by atoms with Crippen molar-refractivity contribution in [1.29, 1.82) is 0 Å². The molecule has 2 heterocycles. The van der Waals surface area contributed by atoms with E-state index in [1.807, 2.05) is 13.8 Å². The molecule has 0 saturated heterocycles. The maximum Gasteiger partial charge on any atom is 0.191 e. The molecule has 7 heteroatoms. The minimum atomic E-state index is 0. The second-order valence-electron chi connectivity index (χ2n) is 5.62. The molecular weight excluding hydrogens is 435 g/mol. The predicted octanol–water partition coefficient (Wildman–Crippen LogP) is 3.87. The van der Waals surface area contributed by atoms with Crippen LogP contribution in [-0.4, -0.2) is 30.8 Å². The van der Waals surface area contributed by atoms with Gasteiger partial charge in [0.1, 0.15) is 5.76 Å². The average Bonchev–Trinajstić information content (AvgIpc) is 3.17. The van der Waals surface area contributed by atoms with E-state index in [0.29, 0.717) is 5.92 Å². The quantitative estimate of drug-likeness (QED) is 0.373. The minimum Gasteiger partial charge on any atom is -0.361 e. The molecule has 134 valence electrons. The van der Waals surface area contributed by atoms with E-state index >= 15 is 0 Å². The van der Waals surface area contributed by atoms with E-state index in [4.69, 9.17) is 9.52 Å². The van der Waals surface area contributed by atoms with E-state index in [1.54, 1.807) is 11.3 Å². The Hall–Kier alpha value is -1.09. The predicted molar refractivity (Wildman–Crippen MR) is 112 cm³/mol. The fourth-order valence-electron chi connectivity index (χ4n) is 2.40. The van der Waals surface area contributed by atoms with Gasteiger partial charge in [0.25, 0.3) is 0 Å². The Morgan fingerprint density at radius 1 is 1.38 bits per heavy atom. The summed E-state index contributed by atoms with van der Waals surface area (Å²) in [5.74, 6) is 2.20. The van der Waals surface area contributed by atoms with Gasteiger partial charge in [0, 0.05) is 29.4 Å². The highest BCUT2D eigenvalue weighted by Gasteiger charge is 2.09. The lowest BCUT2D eigenvalue weighted by atomic mass is 10.1. The zero-order chi connectivity index (χ0) is 16.7. The number of rotatable bonds is 7. The maximum absolute atomic E-state index is 5.20. The number of aryl methyl sites for hydroxylation is 2. The van der Waals surface area contributed by atoms with Gasteiger partial charge in [-0.3, -0.25) is 4.99 Å². The molecule has 2 rings (SSSR count). The second kappa shape index (κ2) is 10.7. The largest absolute Gasteiger partial charge is 0.361 e. The number of nitrogens with one attached hydrogen (secondary N) is 2. The van der Waals surface area contributed by atoms with E-state index in [1.165, 1.54) is 10.4 Å². The van der Waals surface area contributed by atoms with Crippen LogP contribution in [0.1, 0.15) is 41.7 Å². The first-order valence-corrected chi connectivity index (χ1v) is 8.97. The summed E-state index contributed by atoms with van der Waals surface area (Å²) in [6.45, 7) is 10.7. The number of aliphatic imine (C=N–C) groups is 1. The first kappa shape index (κ1) is 21.0. The monoisotopic (exact) mass is 462 g/mol. The van der Waals surface area contributed by atoms with Crippen molar-refractivity contribution in [3.8, 4) is 0 Å². The van der Waals surface area contributed by atoms with Crippen LogP contribution in [0.4, 0.5) is 0 Å². The zero-order valence-electron chi connectivity index (χ0n) is 14.8. The van der Waals surface area contributed by atoms with E-state index in [-0.39, 0.29) is 24.0 Å². The van der Waals surface area contributed by atoms with Crippen LogP contribution in [0.25, 0.3) is 0 Å². The van der Waals surface area contributed by atoms with Crippen molar-refractivity contribution < 1.29 is 4.52 Å². The van der Waals surface area contributed by atoms with Crippen LogP contribution in [-0.2, 0) is 6.42 Å². The van der Waals surface area contributed by atoms with Gasteiger partial charge in [0.2, 0.25) is 0 Å². The van der Waals surface area contributed by atoms with E-state index in [9.17, 15) is 0 Å². The van der Waals surface area contributed by atoms with Crippen LogP contribution in [0.5, 0.6) is 0 Å². The second-order valence-corrected chi connectivity index (χ2v) is 6.59. The van der Waals surface area contributed by atoms with Crippen LogP contribution in [0.15, 0.2) is 27.0 Å². The SMILES string of the molecule is CCNC(=NCC(C)c1cccs1)NCCc1c(C)noc1C.I. The topological polar surface area (TPSA) is 62.5 Å². The number of nitrogens with zero attached hydrogens (tertiary/aromatic N) is 2. The fraction of sp³-hybridized carbons (Fsp3) is 0.529. The third kappa shape index (κ3) is 6.08. The molecule has 0 aliphatic rings. The van der Waals surface area contributed by atoms with Crippen LogP contribution in [0, 0.1) is 13.8 Å². The summed E-state index contributed by atoms with van der Waals surface area (Å²) in [4.78, 5) is 6.07. The Morgan fingerprint density at radius 3 is 2.75 bits per heavy atom. The van der Waals surface area contributed by atoms with Crippen LogP contribution >= 0.6 is 35.3 Å². The normalized spacial score (nSPS) is 12.6. The van der Waals surface area contributed by atoms with Crippen molar-refractivity contribution in [2.24, 2.45) is 4.99 Å². The molecule has 0 aliphatic heterocycles. The molecule has 0 amide bonds. The number of guanidine groups is 1. The third-order valence-corrected chi connectivity index (χ3v) is 4.85. The molecule has 2 aromatic rings. The fourth-order valence-corrected chi connectivity index (χ4v) is 3.17. The molecule has 0 spiro atoms. The molecule has 0 saturated carbocycles. The molecule has 0 aromatic carbocycles. The molecule has 1 atom stereocenters. The molecule has 2 N–H and O–H groups in total. The number of thiophene rings is 1. The van der Waals surface area contributed by atoms with Crippen molar-refractivity contribution in [2.75, 3.05) is 19.6 Å². The van der Waals surface area contributed by atoms with E-state index in [0.717, 1.165) is 43.5 Å². The van der Waals surface area contributed by atoms with Crippen molar-refractivity contribution >= 4 is 41.3 Å². The molecule has 0 aliphatic carbocycles. The first-order chi connectivity index (χ1) is 11.1. The lowest BCUT2D eigenvalue weighted by molar-refractivity contribution is 0.392. The summed E-state index contributed by atoms with van der Waals surface area (Å²) in [5.41, 5.74) is 2.15. The molecule has 0 fully saturated rings. The maximum atomic E-state index is 5.20. The number of aromatic nitrogens is 1. The smallest absolute Gasteiger partial charge is 0.191 e. The van der Waals surface area contributed by atoms with Gasteiger partial charge in [-0.25, -0.2) is 0 Å². The van der Waals surface area contributed by atoms with Gasteiger partial charge in [0.15, 0.2) is 5.96 Å². The summed E-state index contributed by atoms with van der Waals surface area (Å²) >= 11 is 1.79. The van der Waals surface area contributed by atoms with Crippen LogP contribution in [0.3, 0.4) is 0 Å². The highest BCUT2D eigenvalue weighted by molar-refractivity contribution is 14.0. The number of hydrogen-bond acceptors (Lipinski definition) is 4. The van der Waals surface area contributed by atoms with E-state index < -0.39 is 0 Å². The standard InChI is InChI=1S/C17H26N4OS.HI/c1-5-18-17(20-11-12(2)16-7-6-10-23-16)19-9-8-15-13(3)21-22-14(15)4;/h6-7,10,12H,5,8-9,11H2,1-4H3,(H2,18,19,20);1H. The zero-order valence-corrected chi connectivity index (χ0v) is 17.9. The third-order valence-electron chi connectivity index (χ3n) is 3.75. The van der Waals surface area contributed by atoms with Crippen molar-refractivity contribution in [3.05, 3.63) is 39.4 Å². The Labute approximate surface area is 165 Å². The Balaban J connectivity index is 0.00000288. The minimum absolute atomic E-state index is 0. The number of hydrogen-bond donors (Lipinski definition) is 2. The molecule has 24 heavy (non-hydrogen) atoms. The average molecular weight is 462 g/mol. The Kier molecular flexibility index (Phi) is 9.35. The molecule has 0 bridgehead atoms. The van der Waals surface area contributed by atoms with Crippen LogP contribution < -0.4 is 10.6 Å². The summed E-state index contributed by atoms with van der Waals surface area (Å²) in [6, 6.07) is 4.26. The summed E-state index contributed by atoms with van der Waals surface area (Å²) in [6.07, 6.45) is 0.881. The molecule has 1 unspecified atom stereocenters. The lowest BCUT2D eigenvalue weighted by Crippen LogP contribution is -2.38. The molecule has 5 nitrogen and oxygen atoms in total. The first-order valence-electron chi connectivity index (χ1n) is 8.09. The molecule has 0 radical (unpaired) electrons. The summed E-state index contributed by atoms with van der Waals surface area (Å²) < 4.78 is 5.20. The highest BCUT2D eigenvalue weighted by Crippen LogP contribution is 2.20. The molecular formula is C17H27IN4OS. The lowest BCUT2D eigenvalue weighted by Gasteiger charge is -2.13. The molecule has 2 aromatic heterocycles. The van der Waals surface area contributed by atoms with Crippen molar-refractivity contribution in [1.82, 2.24) is 15.8 Å².